The standard InChI is InChI=1S/C75H138O6/c1-4-7-10-13-16-19-22-25-27-29-31-33-34-35-36-37-38-39-40-42-43-45-47-50-53-56-59-62-65-68-74(77)80-71-72(70-79-73(76)67-64-61-58-55-52-49-24-21-18-15-12-9-6-3)81-75(78)69-66-63-60-57-54-51-48-46-44-41-32-30-28-26-23-20-17-14-11-8-5-2/h9,12,18,21,49,52,58,61,72H,4-8,10-11,13-17,19-20,22-48,50-51,53-57,59-60,62-71H2,1-3H3/b12-9-,21-18-,52-49-,61-58-. The van der Waals surface area contributed by atoms with Gasteiger partial charge in [-0.2, -0.15) is 0 Å². The SMILES string of the molecule is CC/C=C\C/C=C\C/C=C\C/C=C\CCC(=O)OCC(COC(=O)CCCCCCCCCCCCCCCCCCCCCCCCCCCCCCC)OC(=O)CCCCCCCCCCCCCCCCCCCCCCC. The van der Waals surface area contributed by atoms with Gasteiger partial charge < -0.3 is 14.2 Å². The first-order valence-electron chi connectivity index (χ1n) is 36.1. The van der Waals surface area contributed by atoms with Crippen LogP contribution in [0, 0.1) is 0 Å². The molecule has 0 aromatic carbocycles. The molecule has 0 aromatic heterocycles. The minimum absolute atomic E-state index is 0.0897. The van der Waals surface area contributed by atoms with Crippen molar-refractivity contribution in [1.82, 2.24) is 0 Å². The van der Waals surface area contributed by atoms with E-state index in [1.807, 2.05) is 6.08 Å². The smallest absolute Gasteiger partial charge is 0.306 e. The van der Waals surface area contributed by atoms with Crippen LogP contribution in [0.3, 0.4) is 0 Å². The van der Waals surface area contributed by atoms with E-state index in [-0.39, 0.29) is 37.5 Å². The summed E-state index contributed by atoms with van der Waals surface area (Å²) < 4.78 is 16.9. The molecule has 0 bridgehead atoms. The molecule has 0 saturated carbocycles. The Kier molecular flexibility index (Phi) is 67.6. The lowest BCUT2D eigenvalue weighted by molar-refractivity contribution is -0.166. The van der Waals surface area contributed by atoms with Crippen LogP contribution in [0.2, 0.25) is 0 Å². The molecule has 0 radical (unpaired) electrons. The van der Waals surface area contributed by atoms with Gasteiger partial charge >= 0.3 is 17.9 Å². The Bertz CT molecular complexity index is 1400. The van der Waals surface area contributed by atoms with Gasteiger partial charge in [0.1, 0.15) is 13.2 Å². The van der Waals surface area contributed by atoms with Gasteiger partial charge in [0.25, 0.3) is 0 Å². The minimum atomic E-state index is -0.800. The summed E-state index contributed by atoms with van der Waals surface area (Å²) in [5.41, 5.74) is 0. The highest BCUT2D eigenvalue weighted by molar-refractivity contribution is 5.71. The fraction of sp³-hybridized carbons (Fsp3) is 0.853. The molecule has 0 aliphatic carbocycles. The van der Waals surface area contributed by atoms with Crippen molar-refractivity contribution in [3.8, 4) is 0 Å². The lowest BCUT2D eigenvalue weighted by atomic mass is 10.0. The number of unbranched alkanes of at least 4 members (excludes halogenated alkanes) is 48. The Morgan fingerprint density at radius 3 is 0.753 bits per heavy atom. The van der Waals surface area contributed by atoms with Crippen LogP contribution in [0.1, 0.15) is 393 Å². The van der Waals surface area contributed by atoms with E-state index in [2.05, 4.69) is 63.3 Å². The predicted molar refractivity (Wildman–Crippen MR) is 353 cm³/mol. The van der Waals surface area contributed by atoms with Gasteiger partial charge in [-0.3, -0.25) is 14.4 Å². The van der Waals surface area contributed by atoms with Gasteiger partial charge in [0.15, 0.2) is 6.10 Å². The second kappa shape index (κ2) is 69.9. The number of hydrogen-bond acceptors (Lipinski definition) is 6. The van der Waals surface area contributed by atoms with Gasteiger partial charge in [-0.15, -0.1) is 0 Å². The maximum Gasteiger partial charge on any atom is 0.306 e. The van der Waals surface area contributed by atoms with Crippen molar-refractivity contribution in [1.29, 1.82) is 0 Å². The molecule has 6 heteroatoms. The number of carbonyl (C=O) groups excluding carboxylic acids is 3. The molecule has 81 heavy (non-hydrogen) atoms. The maximum absolute atomic E-state index is 12.9. The minimum Gasteiger partial charge on any atom is -0.462 e. The molecule has 0 heterocycles. The highest BCUT2D eigenvalue weighted by Gasteiger charge is 2.19. The van der Waals surface area contributed by atoms with Gasteiger partial charge in [0.05, 0.1) is 0 Å². The van der Waals surface area contributed by atoms with Crippen molar-refractivity contribution < 1.29 is 28.6 Å². The van der Waals surface area contributed by atoms with Crippen molar-refractivity contribution in [2.75, 3.05) is 13.2 Å². The number of carbonyl (C=O) groups is 3. The van der Waals surface area contributed by atoms with E-state index in [1.165, 1.54) is 283 Å². The van der Waals surface area contributed by atoms with Crippen LogP contribution >= 0.6 is 0 Å². The fourth-order valence-electron chi connectivity index (χ4n) is 11.0. The van der Waals surface area contributed by atoms with Crippen LogP contribution in [0.25, 0.3) is 0 Å². The molecular weight excluding hydrogens is 997 g/mol. The van der Waals surface area contributed by atoms with E-state index in [4.69, 9.17) is 14.2 Å². The van der Waals surface area contributed by atoms with E-state index in [1.54, 1.807) is 0 Å². The summed E-state index contributed by atoms with van der Waals surface area (Å²) in [4.78, 5) is 38.4. The van der Waals surface area contributed by atoms with E-state index < -0.39 is 6.10 Å². The van der Waals surface area contributed by atoms with Gasteiger partial charge in [0.2, 0.25) is 0 Å². The fourth-order valence-corrected chi connectivity index (χ4v) is 11.0. The average molecular weight is 1140 g/mol. The molecule has 0 aromatic rings. The monoisotopic (exact) mass is 1140 g/mol. The first-order valence-corrected chi connectivity index (χ1v) is 36.1. The van der Waals surface area contributed by atoms with Crippen molar-refractivity contribution in [3.05, 3.63) is 48.6 Å². The lowest BCUT2D eigenvalue weighted by Gasteiger charge is -2.18. The number of allylic oxidation sites excluding steroid dienone is 8. The zero-order valence-corrected chi connectivity index (χ0v) is 54.6. The van der Waals surface area contributed by atoms with Crippen molar-refractivity contribution in [3.63, 3.8) is 0 Å². The summed E-state index contributed by atoms with van der Waals surface area (Å²) in [6.45, 7) is 6.54. The largest absolute Gasteiger partial charge is 0.462 e. The number of ether oxygens (including phenoxy) is 3. The predicted octanol–water partition coefficient (Wildman–Crippen LogP) is 24.9. The summed E-state index contributed by atoms with van der Waals surface area (Å²) >= 11 is 0. The summed E-state index contributed by atoms with van der Waals surface area (Å²) in [6, 6.07) is 0. The molecule has 0 aliphatic rings. The van der Waals surface area contributed by atoms with Crippen molar-refractivity contribution in [2.45, 2.75) is 399 Å². The molecule has 474 valence electrons. The Labute approximate surface area is 505 Å². The van der Waals surface area contributed by atoms with Crippen LogP contribution in [0.5, 0.6) is 0 Å². The Morgan fingerprint density at radius 2 is 0.481 bits per heavy atom. The summed E-state index contributed by atoms with van der Waals surface area (Å²) in [7, 11) is 0. The molecule has 0 rings (SSSR count). The molecule has 1 atom stereocenters. The first kappa shape index (κ1) is 78.4. The van der Waals surface area contributed by atoms with E-state index in [0.717, 1.165) is 64.2 Å². The maximum atomic E-state index is 12.9. The zero-order valence-electron chi connectivity index (χ0n) is 54.6. The third-order valence-corrected chi connectivity index (χ3v) is 16.4. The highest BCUT2D eigenvalue weighted by Crippen LogP contribution is 2.19. The van der Waals surface area contributed by atoms with E-state index in [9.17, 15) is 14.4 Å². The normalized spacial score (nSPS) is 12.3. The average Bonchev–Trinajstić information content (AvgIpc) is 3.46. The quantitative estimate of drug-likeness (QED) is 0.0261. The molecule has 0 amide bonds. The van der Waals surface area contributed by atoms with Gasteiger partial charge in [0, 0.05) is 19.3 Å². The second-order valence-corrected chi connectivity index (χ2v) is 24.5. The summed E-state index contributed by atoms with van der Waals surface area (Å²) in [6.07, 6.45) is 89.0. The van der Waals surface area contributed by atoms with E-state index in [0.29, 0.717) is 19.3 Å². The summed E-state index contributed by atoms with van der Waals surface area (Å²) in [5, 5.41) is 0. The third kappa shape index (κ3) is 68.0. The topological polar surface area (TPSA) is 78.9 Å². The van der Waals surface area contributed by atoms with Crippen molar-refractivity contribution >= 4 is 17.9 Å². The number of rotatable bonds is 67. The van der Waals surface area contributed by atoms with Gasteiger partial charge in [-0.25, -0.2) is 0 Å². The van der Waals surface area contributed by atoms with Crippen LogP contribution in [0.4, 0.5) is 0 Å². The molecule has 0 aliphatic heterocycles. The molecule has 0 saturated heterocycles. The Balaban J connectivity index is 4.20. The zero-order chi connectivity index (χ0) is 58.5. The Morgan fingerprint density at radius 1 is 0.259 bits per heavy atom. The lowest BCUT2D eigenvalue weighted by Crippen LogP contribution is -2.30. The van der Waals surface area contributed by atoms with Crippen LogP contribution in [0.15, 0.2) is 48.6 Å². The van der Waals surface area contributed by atoms with Crippen LogP contribution < -0.4 is 0 Å². The second-order valence-electron chi connectivity index (χ2n) is 24.5. The molecule has 0 N–H and O–H groups in total. The number of hydrogen-bond donors (Lipinski definition) is 0. The van der Waals surface area contributed by atoms with E-state index >= 15 is 0 Å². The van der Waals surface area contributed by atoms with Gasteiger partial charge in [-0.1, -0.05) is 378 Å². The molecule has 0 spiro atoms. The number of esters is 3. The third-order valence-electron chi connectivity index (χ3n) is 16.4. The summed E-state index contributed by atoms with van der Waals surface area (Å²) in [5.74, 6) is -0.947. The molecule has 0 fully saturated rings. The molecule has 1 unspecified atom stereocenters. The first-order chi connectivity index (χ1) is 40.0. The van der Waals surface area contributed by atoms with Crippen LogP contribution in [-0.4, -0.2) is 37.2 Å². The Hall–Kier alpha value is -2.63. The molecule has 6 nitrogen and oxygen atoms in total. The highest BCUT2D eigenvalue weighted by atomic mass is 16.6. The van der Waals surface area contributed by atoms with Crippen LogP contribution in [-0.2, 0) is 28.6 Å². The van der Waals surface area contributed by atoms with Gasteiger partial charge in [-0.05, 0) is 44.9 Å². The van der Waals surface area contributed by atoms with Crippen molar-refractivity contribution in [2.24, 2.45) is 0 Å². The molecular formula is C75H138O6.